The molecule has 0 aliphatic heterocycles. The quantitative estimate of drug-likeness (QED) is 0.863. The molecule has 0 saturated carbocycles. The highest BCUT2D eigenvalue weighted by atomic mass is 16.5. The van der Waals surface area contributed by atoms with E-state index in [-0.39, 0.29) is 11.5 Å². The lowest BCUT2D eigenvalue weighted by Gasteiger charge is -2.18. The van der Waals surface area contributed by atoms with Gasteiger partial charge in [0.05, 0.1) is 18.1 Å². The van der Waals surface area contributed by atoms with Crippen LogP contribution in [0.3, 0.4) is 0 Å². The van der Waals surface area contributed by atoms with E-state index >= 15 is 0 Å². The van der Waals surface area contributed by atoms with Crippen molar-refractivity contribution in [1.82, 2.24) is 0 Å². The van der Waals surface area contributed by atoms with E-state index < -0.39 is 0 Å². The molecule has 0 aromatic heterocycles. The smallest absolute Gasteiger partial charge is 0.125 e. The second-order valence-corrected chi connectivity index (χ2v) is 6.33. The van der Waals surface area contributed by atoms with Crippen LogP contribution in [0.1, 0.15) is 43.9 Å². The average Bonchev–Trinajstić information content (AvgIpc) is 2.32. The molecule has 3 nitrogen and oxygen atoms in total. The minimum absolute atomic E-state index is 0.164. The Morgan fingerprint density at radius 3 is 2.30 bits per heavy atom. The molecule has 1 aromatic carbocycles. The fourth-order valence-electron chi connectivity index (χ4n) is 2.22. The Morgan fingerprint density at radius 1 is 1.30 bits per heavy atom. The summed E-state index contributed by atoms with van der Waals surface area (Å²) in [7, 11) is 0. The predicted molar refractivity (Wildman–Crippen MR) is 82.8 cm³/mol. The minimum atomic E-state index is -0.337. The Hall–Kier alpha value is -1.53. The van der Waals surface area contributed by atoms with Crippen LogP contribution in [0.5, 0.6) is 5.75 Å². The van der Waals surface area contributed by atoms with Gasteiger partial charge in [0, 0.05) is 6.04 Å². The summed E-state index contributed by atoms with van der Waals surface area (Å²) in [6.45, 7) is 10.6. The summed E-state index contributed by atoms with van der Waals surface area (Å²) in [4.78, 5) is 0. The zero-order chi connectivity index (χ0) is 15.3. The van der Waals surface area contributed by atoms with Crippen molar-refractivity contribution in [3.05, 3.63) is 28.8 Å². The van der Waals surface area contributed by atoms with Crippen molar-refractivity contribution in [1.29, 1.82) is 5.26 Å². The monoisotopic (exact) mass is 274 g/mol. The second kappa shape index (κ2) is 6.76. The van der Waals surface area contributed by atoms with Crippen LogP contribution < -0.4 is 10.5 Å². The minimum Gasteiger partial charge on any atom is -0.493 e. The van der Waals surface area contributed by atoms with E-state index in [9.17, 15) is 0 Å². The molecular weight excluding hydrogens is 248 g/mol. The highest BCUT2D eigenvalue weighted by molar-refractivity contribution is 5.43. The van der Waals surface area contributed by atoms with Gasteiger partial charge in [0.1, 0.15) is 5.75 Å². The number of hydrogen-bond acceptors (Lipinski definition) is 3. The van der Waals surface area contributed by atoms with Crippen molar-refractivity contribution in [2.24, 2.45) is 11.1 Å². The normalized spacial score (nSPS) is 12.8. The Morgan fingerprint density at radius 2 is 1.85 bits per heavy atom. The first-order valence-corrected chi connectivity index (χ1v) is 7.15. The molecule has 0 fully saturated rings. The van der Waals surface area contributed by atoms with Gasteiger partial charge in [0.15, 0.2) is 0 Å². The summed E-state index contributed by atoms with van der Waals surface area (Å²) >= 11 is 0. The van der Waals surface area contributed by atoms with Crippen LogP contribution >= 0.6 is 0 Å². The van der Waals surface area contributed by atoms with Crippen molar-refractivity contribution >= 4 is 0 Å². The number of hydrogen-bond donors (Lipinski definition) is 1. The molecule has 0 bridgehead atoms. The topological polar surface area (TPSA) is 59.0 Å². The first kappa shape index (κ1) is 16.5. The van der Waals surface area contributed by atoms with Crippen molar-refractivity contribution in [2.45, 2.75) is 53.5 Å². The van der Waals surface area contributed by atoms with Gasteiger partial charge in [0.25, 0.3) is 0 Å². The largest absolute Gasteiger partial charge is 0.493 e. The van der Waals surface area contributed by atoms with Crippen molar-refractivity contribution in [2.75, 3.05) is 6.61 Å². The molecule has 1 rings (SSSR count). The third-order valence-corrected chi connectivity index (χ3v) is 3.35. The molecule has 3 heteroatoms. The number of nitrogens with two attached hydrogens (primary N) is 1. The average molecular weight is 274 g/mol. The molecule has 1 unspecified atom stereocenters. The molecule has 0 saturated heterocycles. The summed E-state index contributed by atoms with van der Waals surface area (Å²) in [5.74, 6) is 0.937. The standard InChI is InChI=1S/C17H26N2O/c1-12-8-15(10-14(3)19)9-13(2)16(12)20-7-6-17(4,5)11-18/h8-9,14H,6-7,10,19H2,1-5H3. The zero-order valence-corrected chi connectivity index (χ0v) is 13.3. The molecule has 1 aromatic rings. The number of benzene rings is 1. The molecule has 0 heterocycles. The van der Waals surface area contributed by atoms with Crippen LogP contribution in [0.4, 0.5) is 0 Å². The number of rotatable bonds is 6. The third-order valence-electron chi connectivity index (χ3n) is 3.35. The Labute approximate surface area is 122 Å². The number of nitrogens with zero attached hydrogens (tertiary/aromatic N) is 1. The first-order valence-electron chi connectivity index (χ1n) is 7.15. The SMILES string of the molecule is Cc1cc(CC(C)N)cc(C)c1OCCC(C)(C)C#N. The fraction of sp³-hybridized carbons (Fsp3) is 0.588. The summed E-state index contributed by atoms with van der Waals surface area (Å²) in [5, 5.41) is 9.00. The summed E-state index contributed by atoms with van der Waals surface area (Å²) in [5.41, 5.74) is 9.03. The van der Waals surface area contributed by atoms with Gasteiger partial charge in [-0.3, -0.25) is 0 Å². The van der Waals surface area contributed by atoms with Crippen LogP contribution in [0.15, 0.2) is 12.1 Å². The molecule has 20 heavy (non-hydrogen) atoms. The van der Waals surface area contributed by atoms with E-state index in [1.807, 2.05) is 20.8 Å². The van der Waals surface area contributed by atoms with Crippen molar-refractivity contribution < 1.29 is 4.74 Å². The van der Waals surface area contributed by atoms with Crippen LogP contribution in [0.25, 0.3) is 0 Å². The van der Waals surface area contributed by atoms with Gasteiger partial charge >= 0.3 is 0 Å². The molecule has 110 valence electrons. The molecule has 0 spiro atoms. The van der Waals surface area contributed by atoms with Gasteiger partial charge in [-0.05, 0) is 64.2 Å². The lowest BCUT2D eigenvalue weighted by Crippen LogP contribution is -2.18. The molecular formula is C17H26N2O. The fourth-order valence-corrected chi connectivity index (χ4v) is 2.22. The Bertz CT molecular complexity index is 475. The maximum Gasteiger partial charge on any atom is 0.125 e. The Balaban J connectivity index is 2.75. The van der Waals surface area contributed by atoms with Gasteiger partial charge in [-0.1, -0.05) is 12.1 Å². The van der Waals surface area contributed by atoms with Gasteiger partial charge in [-0.25, -0.2) is 0 Å². The molecule has 0 aliphatic rings. The van der Waals surface area contributed by atoms with E-state index in [2.05, 4.69) is 32.0 Å². The van der Waals surface area contributed by atoms with E-state index in [0.29, 0.717) is 6.61 Å². The lowest BCUT2D eigenvalue weighted by atomic mass is 9.92. The van der Waals surface area contributed by atoms with Crippen LogP contribution in [-0.4, -0.2) is 12.6 Å². The van der Waals surface area contributed by atoms with E-state index in [1.54, 1.807) is 0 Å². The molecule has 2 N–H and O–H groups in total. The first-order chi connectivity index (χ1) is 9.25. The molecule has 1 atom stereocenters. The molecule has 0 amide bonds. The third kappa shape index (κ3) is 4.86. The Kier molecular flexibility index (Phi) is 5.59. The zero-order valence-electron chi connectivity index (χ0n) is 13.3. The summed E-state index contributed by atoms with van der Waals surface area (Å²) in [6.07, 6.45) is 1.60. The van der Waals surface area contributed by atoms with Crippen LogP contribution in [0.2, 0.25) is 0 Å². The van der Waals surface area contributed by atoms with Crippen LogP contribution in [-0.2, 0) is 6.42 Å². The van der Waals surface area contributed by atoms with Crippen molar-refractivity contribution in [3.63, 3.8) is 0 Å². The summed E-state index contributed by atoms with van der Waals surface area (Å²) < 4.78 is 5.88. The van der Waals surface area contributed by atoms with E-state index in [0.717, 1.165) is 29.7 Å². The number of aryl methyl sites for hydroxylation is 2. The number of ether oxygens (including phenoxy) is 1. The maximum absolute atomic E-state index is 9.00. The van der Waals surface area contributed by atoms with Gasteiger partial charge in [0.2, 0.25) is 0 Å². The van der Waals surface area contributed by atoms with E-state index in [1.165, 1.54) is 5.56 Å². The predicted octanol–water partition coefficient (Wildman–Crippen LogP) is 3.51. The lowest BCUT2D eigenvalue weighted by molar-refractivity contribution is 0.261. The summed E-state index contributed by atoms with van der Waals surface area (Å²) in [6, 6.07) is 6.74. The van der Waals surface area contributed by atoms with Gasteiger partial charge in [-0.15, -0.1) is 0 Å². The van der Waals surface area contributed by atoms with E-state index in [4.69, 9.17) is 15.7 Å². The van der Waals surface area contributed by atoms with Crippen molar-refractivity contribution in [3.8, 4) is 11.8 Å². The van der Waals surface area contributed by atoms with Gasteiger partial charge in [-0.2, -0.15) is 5.26 Å². The number of nitriles is 1. The molecule has 0 radical (unpaired) electrons. The highest BCUT2D eigenvalue weighted by Crippen LogP contribution is 2.27. The van der Waals surface area contributed by atoms with Gasteiger partial charge < -0.3 is 10.5 Å². The molecule has 0 aliphatic carbocycles. The highest BCUT2D eigenvalue weighted by Gasteiger charge is 2.17. The maximum atomic E-state index is 9.00. The van der Waals surface area contributed by atoms with Crippen LogP contribution in [0, 0.1) is 30.6 Å². The second-order valence-electron chi connectivity index (χ2n) is 6.33.